The molecule has 0 atom stereocenters. The SMILES string of the molecule is CCOc1ccc(Nc2cc(Nc3ccc(NCCCn4cc[n+](C)c4)cc3)c(N)cc2N)cc1.C[n+]1ccn(CCCNc2ccc(Nc3cc(Nc4ccc(O)cc4)c(N)cc3N)cc2)c1.C[n+]1ccn(CCCNc2ccc(Nc3cc(Nc4ccccc4)c(N)cc3N)cc2)c1.Nc1cc(N)c(Nc2ccc(OCCO)cc2)cc1Nc1ccccc1. The van der Waals surface area contributed by atoms with Crippen molar-refractivity contribution in [1.82, 2.24) is 13.7 Å². The maximum absolute atomic E-state index is 9.46. The first-order valence-corrected chi connectivity index (χ1v) is 41.6. The maximum atomic E-state index is 9.46. The van der Waals surface area contributed by atoms with Crippen molar-refractivity contribution in [3.05, 3.63) is 311 Å². The Bertz CT molecular complexity index is 5880. The number of aromatic hydroxyl groups is 1. The highest BCUT2D eigenvalue weighted by Crippen LogP contribution is 2.39. The number of benzene rings is 12. The van der Waals surface area contributed by atoms with Crippen LogP contribution < -0.4 is 128 Å². The molecule has 12 aromatic carbocycles. The molecule has 15 rings (SSSR count). The van der Waals surface area contributed by atoms with Gasteiger partial charge in [-0.2, -0.15) is 0 Å². The van der Waals surface area contributed by atoms with Crippen molar-refractivity contribution in [3.63, 3.8) is 0 Å². The molecule has 126 heavy (non-hydrogen) atoms. The second-order valence-corrected chi connectivity index (χ2v) is 30.0. The van der Waals surface area contributed by atoms with Crippen LogP contribution in [-0.4, -0.2) is 63.4 Å². The van der Waals surface area contributed by atoms with Crippen molar-refractivity contribution in [3.8, 4) is 17.2 Å². The molecule has 0 aliphatic heterocycles. The van der Waals surface area contributed by atoms with Crippen molar-refractivity contribution in [2.24, 2.45) is 21.1 Å². The van der Waals surface area contributed by atoms with Gasteiger partial charge < -0.3 is 124 Å². The quantitative estimate of drug-likeness (QED) is 0.00750. The average molecular weight is 1700 g/mol. The van der Waals surface area contributed by atoms with E-state index in [1.807, 2.05) is 242 Å². The lowest BCUT2D eigenvalue weighted by molar-refractivity contribution is -0.671. The third-order valence-corrected chi connectivity index (χ3v) is 19.8. The van der Waals surface area contributed by atoms with Crippen LogP contribution in [0.15, 0.2) is 311 Å². The van der Waals surface area contributed by atoms with Crippen LogP contribution in [0, 0.1) is 0 Å². The number of ether oxygens (including phenoxy) is 2. The van der Waals surface area contributed by atoms with Gasteiger partial charge in [-0.1, -0.05) is 36.4 Å². The zero-order valence-corrected chi connectivity index (χ0v) is 71.4. The van der Waals surface area contributed by atoms with E-state index >= 15 is 0 Å². The van der Waals surface area contributed by atoms with Crippen molar-refractivity contribution >= 4 is 154 Å². The fourth-order valence-corrected chi connectivity index (χ4v) is 13.2. The summed E-state index contributed by atoms with van der Waals surface area (Å²) in [7, 11) is 6.08. The third-order valence-electron chi connectivity index (χ3n) is 19.8. The van der Waals surface area contributed by atoms with E-state index < -0.39 is 0 Å². The van der Waals surface area contributed by atoms with Crippen molar-refractivity contribution in [2.45, 2.75) is 45.8 Å². The number of para-hydroxylation sites is 2. The number of hydrogen-bond acceptors (Lipinski definition) is 23. The molecule has 29 nitrogen and oxygen atoms in total. The smallest absolute Gasteiger partial charge is 0.243 e. The van der Waals surface area contributed by atoms with E-state index in [0.29, 0.717) is 57.9 Å². The Balaban J connectivity index is 0.000000154. The molecule has 0 aliphatic carbocycles. The Kier molecular flexibility index (Phi) is 31.8. The van der Waals surface area contributed by atoms with Gasteiger partial charge in [0.25, 0.3) is 0 Å². The normalized spacial score (nSPS) is 10.6. The van der Waals surface area contributed by atoms with Gasteiger partial charge in [0.2, 0.25) is 19.0 Å². The molecule has 0 saturated carbocycles. The van der Waals surface area contributed by atoms with Crippen LogP contribution in [0.2, 0.25) is 0 Å². The number of aryl methyl sites for hydroxylation is 6. The molecule has 650 valence electrons. The first-order chi connectivity index (χ1) is 61.2. The highest BCUT2D eigenvalue weighted by atomic mass is 16.5. The number of aliphatic hydroxyl groups is 1. The molecular weight excluding hydrogens is 1580 g/mol. The minimum Gasteiger partial charge on any atom is -0.508 e. The van der Waals surface area contributed by atoms with Gasteiger partial charge in [0.05, 0.1) is 145 Å². The van der Waals surface area contributed by atoms with Crippen LogP contribution in [0.4, 0.5) is 154 Å². The molecule has 0 bridgehead atoms. The number of anilines is 27. The van der Waals surface area contributed by atoms with Gasteiger partial charge >= 0.3 is 0 Å². The van der Waals surface area contributed by atoms with E-state index in [1.54, 1.807) is 48.5 Å². The molecule has 0 spiro atoms. The summed E-state index contributed by atoms with van der Waals surface area (Å²) < 4.78 is 23.5. The summed E-state index contributed by atoms with van der Waals surface area (Å²) in [6, 6.07) is 80.8. The molecule has 3 aromatic heterocycles. The first kappa shape index (κ1) is 89.1. The molecule has 0 unspecified atom stereocenters. The third kappa shape index (κ3) is 27.7. The molecule has 15 aromatic rings. The minimum atomic E-state index is -0.0147. The standard InChI is InChI=1S/C27H34N7O.C25H29N7O.C25H30N7.C20H22N4O2/c1-3-35-23-11-9-22(10-12-23)32-27-18-26(24(28)17-25(27)29)31-21-7-5-20(6-8-21)30-13-4-14-34-16-15-33(2)19-34;1-31-13-14-32(17-31)12-2-11-28-18-3-5-19(6-4-18)29-24-16-25(23(27)15-22(24)26)30-20-7-9-21(33)10-8-20;1-31-14-15-32(18-31)13-5-12-28-19-8-10-21(11-9-19)30-25-17-24(22(26)16-23(25)27)29-20-6-3-2-4-7-20;21-17-12-18(22)20(13-19(17)23-14-4-2-1-3-5-14)24-15-6-8-16(9-7-15)26-11-10-25/h5-12,15-19,30-32H,3-4,13-14,28-29H2,1-2H3;3-10,13-17,28-30H,2,11-12,26-27H2,1H3;2-4,6-11,14-18,28-30H,5,12-13,26-27H2,1H3;1-9,12-13,23-25H,10-11,21-22H2/q+1;;+1;/p+1. The summed E-state index contributed by atoms with van der Waals surface area (Å²) in [6.07, 6.45) is 21.8. The van der Waals surface area contributed by atoms with Gasteiger partial charge in [-0.25, -0.2) is 27.4 Å². The lowest BCUT2D eigenvalue weighted by atomic mass is 10.2. The number of nitrogen functional groups attached to an aromatic ring is 8. The number of aromatic nitrogens is 6. The molecular formula is C97H116N25O4+3. The molecule has 29 heteroatoms. The lowest BCUT2D eigenvalue weighted by Crippen LogP contribution is -2.23. The summed E-state index contributed by atoms with van der Waals surface area (Å²) >= 11 is 0. The number of nitrogens with two attached hydrogens (primary N) is 8. The molecule has 0 saturated heterocycles. The van der Waals surface area contributed by atoms with E-state index in [2.05, 4.69) is 134 Å². The van der Waals surface area contributed by atoms with Gasteiger partial charge in [-0.15, -0.1) is 0 Å². The van der Waals surface area contributed by atoms with Crippen molar-refractivity contribution < 1.29 is 33.4 Å². The van der Waals surface area contributed by atoms with Gasteiger partial charge in [0.15, 0.2) is 0 Å². The number of nitrogens with one attached hydrogen (secondary N) is 11. The average Bonchev–Trinajstić information content (AvgIpc) is 1.10. The molecule has 3 heterocycles. The second kappa shape index (κ2) is 44.9. The zero-order chi connectivity index (χ0) is 88.5. The maximum Gasteiger partial charge on any atom is 0.243 e. The number of rotatable bonds is 36. The predicted molar refractivity (Wildman–Crippen MR) is 520 cm³/mol. The summed E-state index contributed by atoms with van der Waals surface area (Å²) in [5.74, 6) is 1.74. The number of aliphatic hydroxyl groups excluding tert-OH is 1. The van der Waals surface area contributed by atoms with Crippen LogP contribution in [0.1, 0.15) is 26.2 Å². The molecule has 29 N–H and O–H groups in total. The Morgan fingerprint density at radius 1 is 0.294 bits per heavy atom. The highest BCUT2D eigenvalue weighted by Gasteiger charge is 2.15. The predicted octanol–water partition coefficient (Wildman–Crippen LogP) is 17.2. The minimum absolute atomic E-state index is 0.0147. The summed E-state index contributed by atoms with van der Waals surface area (Å²) in [4.78, 5) is 0. The van der Waals surface area contributed by atoms with Crippen LogP contribution in [0.25, 0.3) is 0 Å². The zero-order valence-electron chi connectivity index (χ0n) is 71.4. The number of nitrogens with zero attached hydrogens (tertiary/aromatic N) is 6. The van der Waals surface area contributed by atoms with Crippen LogP contribution in [0.3, 0.4) is 0 Å². The Morgan fingerprint density at radius 3 is 0.762 bits per heavy atom. The van der Waals surface area contributed by atoms with Gasteiger partial charge in [-0.3, -0.25) is 0 Å². The first-order valence-electron chi connectivity index (χ1n) is 41.6. The summed E-state index contributed by atoms with van der Waals surface area (Å²) in [6.45, 7) is 8.51. The molecule has 0 amide bonds. The fourth-order valence-electron chi connectivity index (χ4n) is 13.2. The Labute approximate surface area is 735 Å². The van der Waals surface area contributed by atoms with Crippen LogP contribution >= 0.6 is 0 Å². The second-order valence-electron chi connectivity index (χ2n) is 30.0. The molecule has 0 radical (unpaired) electrons. The van der Waals surface area contributed by atoms with E-state index in [9.17, 15) is 5.11 Å². The van der Waals surface area contributed by atoms with E-state index in [0.717, 1.165) is 172 Å². The van der Waals surface area contributed by atoms with Crippen molar-refractivity contribution in [2.75, 3.05) is 144 Å². The summed E-state index contributed by atoms with van der Waals surface area (Å²) in [5, 5.41) is 55.3. The van der Waals surface area contributed by atoms with E-state index in [4.69, 9.17) is 60.4 Å². The lowest BCUT2D eigenvalue weighted by Gasteiger charge is -2.16. The largest absolute Gasteiger partial charge is 0.508 e. The Hall–Kier alpha value is -16.2. The summed E-state index contributed by atoms with van der Waals surface area (Å²) in [5.41, 5.74) is 70.7. The van der Waals surface area contributed by atoms with Gasteiger partial charge in [0, 0.05) is 101 Å². The number of phenols is 1. The fraction of sp³-hybridized carbons (Fsp3) is 0.165. The van der Waals surface area contributed by atoms with E-state index in [1.165, 1.54) is 0 Å². The van der Waals surface area contributed by atoms with Crippen LogP contribution in [0.5, 0.6) is 17.2 Å². The van der Waals surface area contributed by atoms with Gasteiger partial charge in [-0.05, 0) is 225 Å². The number of phenolic OH excluding ortho intramolecular Hbond substituents is 1. The van der Waals surface area contributed by atoms with Gasteiger partial charge in [0.1, 0.15) is 61.0 Å². The number of hydrogen-bond donors (Lipinski definition) is 21. The topological polar surface area (TPSA) is 426 Å². The Morgan fingerprint density at radius 2 is 0.524 bits per heavy atom. The van der Waals surface area contributed by atoms with Crippen molar-refractivity contribution in [1.29, 1.82) is 0 Å². The van der Waals surface area contributed by atoms with E-state index in [-0.39, 0.29) is 19.0 Å². The molecule has 0 fully saturated rings. The van der Waals surface area contributed by atoms with Crippen LogP contribution in [-0.2, 0) is 40.8 Å². The monoisotopic (exact) mass is 1690 g/mol. The molecule has 0 aliphatic rings. The highest BCUT2D eigenvalue weighted by molar-refractivity contribution is 5.90. The number of imidazole rings is 3.